The van der Waals surface area contributed by atoms with Crippen molar-refractivity contribution in [3.63, 3.8) is 0 Å². The lowest BCUT2D eigenvalue weighted by molar-refractivity contribution is 0.125. The van der Waals surface area contributed by atoms with Crippen LogP contribution in [0.4, 0.5) is 5.69 Å². The van der Waals surface area contributed by atoms with E-state index in [0.29, 0.717) is 12.1 Å². The summed E-state index contributed by atoms with van der Waals surface area (Å²) in [5.74, 6) is 0.978. The van der Waals surface area contributed by atoms with E-state index in [2.05, 4.69) is 36.9 Å². The molecule has 3 heteroatoms. The van der Waals surface area contributed by atoms with Gasteiger partial charge in [0.25, 0.3) is 0 Å². The van der Waals surface area contributed by atoms with Crippen molar-refractivity contribution >= 4 is 5.69 Å². The molecule has 1 aromatic carbocycles. The van der Waals surface area contributed by atoms with Gasteiger partial charge in [0.1, 0.15) is 5.75 Å². The van der Waals surface area contributed by atoms with Gasteiger partial charge in [0.05, 0.1) is 17.9 Å². The van der Waals surface area contributed by atoms with Gasteiger partial charge in [-0.3, -0.25) is 0 Å². The average molecular weight is 261 g/mol. The van der Waals surface area contributed by atoms with Crippen LogP contribution < -0.4 is 9.64 Å². The fourth-order valence-electron chi connectivity index (χ4n) is 3.57. The third-order valence-electron chi connectivity index (χ3n) is 4.21. The van der Waals surface area contributed by atoms with Gasteiger partial charge in [-0.1, -0.05) is 12.1 Å². The summed E-state index contributed by atoms with van der Waals surface area (Å²) in [6.45, 7) is 4.12. The number of para-hydroxylation sites is 2. The first-order valence-corrected chi connectivity index (χ1v) is 7.37. The van der Waals surface area contributed by atoms with E-state index in [9.17, 15) is 5.11 Å². The van der Waals surface area contributed by atoms with Gasteiger partial charge in [0.15, 0.2) is 0 Å². The molecule has 0 aromatic heterocycles. The lowest BCUT2D eigenvalue weighted by Gasteiger charge is -2.39. The molecule has 0 saturated carbocycles. The van der Waals surface area contributed by atoms with Crippen LogP contribution in [0.1, 0.15) is 39.5 Å². The van der Waals surface area contributed by atoms with Crippen molar-refractivity contribution in [2.24, 2.45) is 0 Å². The Morgan fingerprint density at radius 2 is 1.79 bits per heavy atom. The van der Waals surface area contributed by atoms with E-state index in [1.807, 2.05) is 6.07 Å². The summed E-state index contributed by atoms with van der Waals surface area (Å²) in [6.07, 6.45) is 4.25. The largest absolute Gasteiger partial charge is 0.489 e. The van der Waals surface area contributed by atoms with Crippen LogP contribution in [-0.2, 0) is 0 Å². The zero-order chi connectivity index (χ0) is 13.4. The van der Waals surface area contributed by atoms with Gasteiger partial charge in [-0.15, -0.1) is 0 Å². The highest BCUT2D eigenvalue weighted by Gasteiger charge is 2.41. The SMILES string of the molecule is CC(C)Oc1ccccc1N1C2CCC1CC(O)C2. The molecule has 2 heterocycles. The van der Waals surface area contributed by atoms with Crippen molar-refractivity contribution in [1.82, 2.24) is 0 Å². The number of rotatable bonds is 3. The Labute approximate surface area is 115 Å². The molecule has 2 unspecified atom stereocenters. The van der Waals surface area contributed by atoms with Crippen molar-refractivity contribution in [1.29, 1.82) is 0 Å². The minimum absolute atomic E-state index is 0.119. The molecular weight excluding hydrogens is 238 g/mol. The number of benzene rings is 1. The third-order valence-corrected chi connectivity index (χ3v) is 4.21. The van der Waals surface area contributed by atoms with Gasteiger partial charge >= 0.3 is 0 Å². The van der Waals surface area contributed by atoms with E-state index >= 15 is 0 Å². The molecule has 2 aliphatic heterocycles. The predicted molar refractivity (Wildman–Crippen MR) is 76.7 cm³/mol. The number of hydrogen-bond donors (Lipinski definition) is 1. The normalized spacial score (nSPS) is 29.9. The lowest BCUT2D eigenvalue weighted by atomic mass is 9.99. The van der Waals surface area contributed by atoms with E-state index in [1.165, 1.54) is 18.5 Å². The number of anilines is 1. The molecule has 2 aliphatic rings. The zero-order valence-electron chi connectivity index (χ0n) is 11.7. The number of aliphatic hydroxyl groups is 1. The highest BCUT2D eigenvalue weighted by atomic mass is 16.5. The fourth-order valence-corrected chi connectivity index (χ4v) is 3.57. The smallest absolute Gasteiger partial charge is 0.142 e. The van der Waals surface area contributed by atoms with Gasteiger partial charge in [-0.25, -0.2) is 0 Å². The van der Waals surface area contributed by atoms with E-state index < -0.39 is 0 Å². The van der Waals surface area contributed by atoms with Crippen LogP contribution in [0.3, 0.4) is 0 Å². The first kappa shape index (κ1) is 12.8. The van der Waals surface area contributed by atoms with Crippen LogP contribution >= 0.6 is 0 Å². The number of piperidine rings is 1. The number of fused-ring (bicyclic) bond motifs is 2. The molecule has 2 saturated heterocycles. The van der Waals surface area contributed by atoms with Crippen LogP contribution in [0.15, 0.2) is 24.3 Å². The van der Waals surface area contributed by atoms with Crippen molar-refractivity contribution in [2.75, 3.05) is 4.90 Å². The van der Waals surface area contributed by atoms with Crippen LogP contribution in [0, 0.1) is 0 Å². The van der Waals surface area contributed by atoms with Crippen LogP contribution in [0.5, 0.6) is 5.75 Å². The average Bonchev–Trinajstić information content (AvgIpc) is 2.62. The Bertz CT molecular complexity index is 432. The first-order chi connectivity index (χ1) is 9.15. The van der Waals surface area contributed by atoms with Crippen LogP contribution in [-0.4, -0.2) is 29.4 Å². The Hall–Kier alpha value is -1.22. The summed E-state index contributed by atoms with van der Waals surface area (Å²) in [7, 11) is 0. The number of ether oxygens (including phenoxy) is 1. The molecule has 0 spiro atoms. The summed E-state index contributed by atoms with van der Waals surface area (Å²) < 4.78 is 5.95. The summed E-state index contributed by atoms with van der Waals surface area (Å²) >= 11 is 0. The van der Waals surface area contributed by atoms with E-state index in [0.717, 1.165) is 18.6 Å². The molecule has 0 amide bonds. The highest BCUT2D eigenvalue weighted by Crippen LogP contribution is 2.42. The van der Waals surface area contributed by atoms with Crippen molar-refractivity contribution in [3.05, 3.63) is 24.3 Å². The molecule has 2 fully saturated rings. The second-order valence-corrected chi connectivity index (χ2v) is 6.05. The molecule has 2 atom stereocenters. The Morgan fingerprint density at radius 3 is 2.42 bits per heavy atom. The minimum Gasteiger partial charge on any atom is -0.489 e. The predicted octanol–water partition coefficient (Wildman–Crippen LogP) is 2.97. The molecule has 0 aliphatic carbocycles. The second-order valence-electron chi connectivity index (χ2n) is 6.05. The Kier molecular flexibility index (Phi) is 3.40. The van der Waals surface area contributed by atoms with E-state index in [-0.39, 0.29) is 12.2 Å². The molecule has 2 bridgehead atoms. The lowest BCUT2D eigenvalue weighted by Crippen LogP contribution is -2.45. The molecule has 3 nitrogen and oxygen atoms in total. The Morgan fingerprint density at radius 1 is 1.16 bits per heavy atom. The fraction of sp³-hybridized carbons (Fsp3) is 0.625. The van der Waals surface area contributed by atoms with Gasteiger partial charge in [-0.2, -0.15) is 0 Å². The maximum absolute atomic E-state index is 9.91. The maximum atomic E-state index is 9.91. The first-order valence-electron chi connectivity index (χ1n) is 7.37. The summed E-state index contributed by atoms with van der Waals surface area (Å²) in [5.41, 5.74) is 1.20. The van der Waals surface area contributed by atoms with Crippen molar-refractivity contribution < 1.29 is 9.84 Å². The number of aliphatic hydroxyl groups excluding tert-OH is 1. The summed E-state index contributed by atoms with van der Waals surface area (Å²) in [4.78, 5) is 2.49. The summed E-state index contributed by atoms with van der Waals surface area (Å²) in [6, 6.07) is 9.27. The minimum atomic E-state index is -0.119. The van der Waals surface area contributed by atoms with Crippen molar-refractivity contribution in [2.45, 2.75) is 63.8 Å². The molecular formula is C16H23NO2. The second kappa shape index (κ2) is 5.04. The van der Waals surface area contributed by atoms with Crippen LogP contribution in [0.25, 0.3) is 0 Å². The monoisotopic (exact) mass is 261 g/mol. The molecule has 0 radical (unpaired) electrons. The molecule has 1 aromatic rings. The van der Waals surface area contributed by atoms with Crippen molar-refractivity contribution in [3.8, 4) is 5.75 Å². The van der Waals surface area contributed by atoms with Gasteiger partial charge in [0.2, 0.25) is 0 Å². The third kappa shape index (κ3) is 2.44. The molecule has 3 rings (SSSR count). The highest BCUT2D eigenvalue weighted by molar-refractivity contribution is 5.61. The topological polar surface area (TPSA) is 32.7 Å². The standard InChI is InChI=1S/C16H23NO2/c1-11(2)19-16-6-4-3-5-15(16)17-12-7-8-13(17)10-14(18)9-12/h3-6,11-14,18H,7-10H2,1-2H3. The molecule has 19 heavy (non-hydrogen) atoms. The van der Waals surface area contributed by atoms with Gasteiger partial charge in [-0.05, 0) is 51.7 Å². The zero-order valence-corrected chi connectivity index (χ0v) is 11.7. The maximum Gasteiger partial charge on any atom is 0.142 e. The summed E-state index contributed by atoms with van der Waals surface area (Å²) in [5, 5.41) is 9.91. The Balaban J connectivity index is 1.90. The molecule has 104 valence electrons. The van der Waals surface area contributed by atoms with Crippen LogP contribution in [0.2, 0.25) is 0 Å². The number of hydrogen-bond acceptors (Lipinski definition) is 3. The van der Waals surface area contributed by atoms with E-state index in [1.54, 1.807) is 0 Å². The van der Waals surface area contributed by atoms with Gasteiger partial charge in [0, 0.05) is 12.1 Å². The van der Waals surface area contributed by atoms with Gasteiger partial charge < -0.3 is 14.7 Å². The number of nitrogens with zero attached hydrogens (tertiary/aromatic N) is 1. The quantitative estimate of drug-likeness (QED) is 0.908. The van der Waals surface area contributed by atoms with E-state index in [4.69, 9.17) is 4.74 Å². The molecule has 1 N–H and O–H groups in total.